The van der Waals surface area contributed by atoms with Crippen molar-refractivity contribution in [3.63, 3.8) is 0 Å². The molecular weight excluding hydrogens is 244 g/mol. The quantitative estimate of drug-likeness (QED) is 0.729. The summed E-state index contributed by atoms with van der Waals surface area (Å²) in [5, 5.41) is 3.46. The third kappa shape index (κ3) is 4.60. The number of nitrogens with zero attached hydrogens (tertiary/aromatic N) is 1. The van der Waals surface area contributed by atoms with Crippen molar-refractivity contribution in [1.82, 2.24) is 10.2 Å². The fraction of sp³-hybridized carbons (Fsp3) is 0.667. The van der Waals surface area contributed by atoms with E-state index in [0.29, 0.717) is 0 Å². The average Bonchev–Trinajstić information content (AvgIpc) is 2.92. The Labute approximate surface area is 124 Å². The highest BCUT2D eigenvalue weighted by atomic mass is 15.2. The predicted octanol–water partition coefficient (Wildman–Crippen LogP) is 3.60. The van der Waals surface area contributed by atoms with Crippen LogP contribution in [0.15, 0.2) is 24.3 Å². The normalized spacial score (nSPS) is 19.6. The molecule has 0 bridgehead atoms. The molecule has 2 rings (SSSR count). The van der Waals surface area contributed by atoms with Gasteiger partial charge < -0.3 is 5.32 Å². The van der Waals surface area contributed by atoms with Gasteiger partial charge in [-0.2, -0.15) is 0 Å². The van der Waals surface area contributed by atoms with Gasteiger partial charge in [0.2, 0.25) is 0 Å². The Morgan fingerprint density at radius 2 is 1.85 bits per heavy atom. The SMILES string of the molecule is CCCNCCc1ccc(CN2CCCC2CC)cc1. The Kier molecular flexibility index (Phi) is 6.55. The molecular formula is C18H30N2. The van der Waals surface area contributed by atoms with Crippen LogP contribution in [-0.4, -0.2) is 30.6 Å². The second-order valence-electron chi connectivity index (χ2n) is 5.99. The summed E-state index contributed by atoms with van der Waals surface area (Å²) < 4.78 is 0. The van der Waals surface area contributed by atoms with E-state index in [0.717, 1.165) is 32.1 Å². The van der Waals surface area contributed by atoms with Crippen LogP contribution in [0.4, 0.5) is 0 Å². The lowest BCUT2D eigenvalue weighted by Crippen LogP contribution is -2.28. The lowest BCUT2D eigenvalue weighted by molar-refractivity contribution is 0.240. The highest BCUT2D eigenvalue weighted by Crippen LogP contribution is 2.22. The molecule has 1 aromatic carbocycles. The Morgan fingerprint density at radius 1 is 1.10 bits per heavy atom. The molecule has 0 radical (unpaired) electrons. The fourth-order valence-corrected chi connectivity index (χ4v) is 3.15. The molecule has 20 heavy (non-hydrogen) atoms. The highest BCUT2D eigenvalue weighted by molar-refractivity contribution is 5.23. The Bertz CT molecular complexity index is 372. The summed E-state index contributed by atoms with van der Waals surface area (Å²) in [6.45, 7) is 9.16. The largest absolute Gasteiger partial charge is 0.316 e. The molecule has 1 unspecified atom stereocenters. The number of hydrogen-bond donors (Lipinski definition) is 1. The van der Waals surface area contributed by atoms with Crippen molar-refractivity contribution in [2.75, 3.05) is 19.6 Å². The molecule has 1 aromatic rings. The first-order valence-corrected chi connectivity index (χ1v) is 8.36. The van der Waals surface area contributed by atoms with Crippen LogP contribution in [0.3, 0.4) is 0 Å². The monoisotopic (exact) mass is 274 g/mol. The van der Waals surface area contributed by atoms with E-state index in [9.17, 15) is 0 Å². The Morgan fingerprint density at radius 3 is 2.55 bits per heavy atom. The van der Waals surface area contributed by atoms with Crippen LogP contribution in [0.5, 0.6) is 0 Å². The van der Waals surface area contributed by atoms with Crippen LogP contribution in [0.25, 0.3) is 0 Å². The minimum atomic E-state index is 0.813. The lowest BCUT2D eigenvalue weighted by Gasteiger charge is -2.23. The number of benzene rings is 1. The number of likely N-dealkylation sites (tertiary alicyclic amines) is 1. The zero-order valence-corrected chi connectivity index (χ0v) is 13.2. The van der Waals surface area contributed by atoms with Crippen molar-refractivity contribution in [3.05, 3.63) is 35.4 Å². The van der Waals surface area contributed by atoms with Crippen LogP contribution in [-0.2, 0) is 13.0 Å². The number of hydrogen-bond acceptors (Lipinski definition) is 2. The van der Waals surface area contributed by atoms with Crippen molar-refractivity contribution in [3.8, 4) is 0 Å². The van der Waals surface area contributed by atoms with Gasteiger partial charge in [0.1, 0.15) is 0 Å². The standard InChI is InChI=1S/C18H30N2/c1-3-12-19-13-11-16-7-9-17(10-8-16)15-20-14-5-6-18(20)4-2/h7-10,18-19H,3-6,11-15H2,1-2H3. The van der Waals surface area contributed by atoms with Crippen LogP contribution < -0.4 is 5.32 Å². The van der Waals surface area contributed by atoms with Crippen LogP contribution >= 0.6 is 0 Å². The minimum Gasteiger partial charge on any atom is -0.316 e. The minimum absolute atomic E-state index is 0.813. The second-order valence-corrected chi connectivity index (χ2v) is 5.99. The molecule has 1 heterocycles. The molecule has 1 N–H and O–H groups in total. The van der Waals surface area contributed by atoms with Crippen LogP contribution in [0.1, 0.15) is 50.7 Å². The summed E-state index contributed by atoms with van der Waals surface area (Å²) in [6.07, 6.45) is 6.41. The average molecular weight is 274 g/mol. The molecule has 0 aliphatic carbocycles. The zero-order valence-electron chi connectivity index (χ0n) is 13.2. The van der Waals surface area contributed by atoms with Gasteiger partial charge in [0, 0.05) is 12.6 Å². The zero-order chi connectivity index (χ0) is 14.2. The smallest absolute Gasteiger partial charge is 0.0236 e. The first-order chi connectivity index (χ1) is 9.83. The summed E-state index contributed by atoms with van der Waals surface area (Å²) in [6, 6.07) is 10.1. The van der Waals surface area contributed by atoms with E-state index in [2.05, 4.69) is 48.3 Å². The van der Waals surface area contributed by atoms with E-state index >= 15 is 0 Å². The molecule has 0 amide bonds. The Balaban J connectivity index is 1.79. The molecule has 1 fully saturated rings. The van der Waals surface area contributed by atoms with Gasteiger partial charge in [-0.15, -0.1) is 0 Å². The molecule has 2 heteroatoms. The van der Waals surface area contributed by atoms with Crippen LogP contribution in [0, 0.1) is 0 Å². The van der Waals surface area contributed by atoms with Crippen molar-refractivity contribution in [1.29, 1.82) is 0 Å². The lowest BCUT2D eigenvalue weighted by atomic mass is 10.1. The molecule has 0 spiro atoms. The summed E-state index contributed by atoms with van der Waals surface area (Å²) in [5.41, 5.74) is 2.92. The molecule has 112 valence electrons. The molecule has 0 saturated carbocycles. The molecule has 1 atom stereocenters. The van der Waals surface area contributed by atoms with Gasteiger partial charge in [0.05, 0.1) is 0 Å². The van der Waals surface area contributed by atoms with Gasteiger partial charge in [-0.1, -0.05) is 38.1 Å². The number of rotatable bonds is 8. The summed E-state index contributed by atoms with van der Waals surface area (Å²) in [7, 11) is 0. The Hall–Kier alpha value is -0.860. The maximum absolute atomic E-state index is 3.46. The van der Waals surface area contributed by atoms with E-state index in [1.807, 2.05) is 0 Å². The van der Waals surface area contributed by atoms with Gasteiger partial charge in [0.25, 0.3) is 0 Å². The van der Waals surface area contributed by atoms with E-state index in [1.54, 1.807) is 0 Å². The maximum atomic E-state index is 3.46. The van der Waals surface area contributed by atoms with Crippen molar-refractivity contribution in [2.24, 2.45) is 0 Å². The molecule has 1 aliphatic rings. The molecule has 1 saturated heterocycles. The van der Waals surface area contributed by atoms with Gasteiger partial charge >= 0.3 is 0 Å². The third-order valence-electron chi connectivity index (χ3n) is 4.40. The first-order valence-electron chi connectivity index (χ1n) is 8.36. The fourth-order valence-electron chi connectivity index (χ4n) is 3.15. The van der Waals surface area contributed by atoms with E-state index in [4.69, 9.17) is 0 Å². The topological polar surface area (TPSA) is 15.3 Å². The van der Waals surface area contributed by atoms with E-state index in [1.165, 1.54) is 43.4 Å². The van der Waals surface area contributed by atoms with Gasteiger partial charge in [-0.25, -0.2) is 0 Å². The number of nitrogens with one attached hydrogen (secondary N) is 1. The first kappa shape index (κ1) is 15.5. The van der Waals surface area contributed by atoms with Gasteiger partial charge in [-0.3, -0.25) is 4.90 Å². The highest BCUT2D eigenvalue weighted by Gasteiger charge is 2.22. The van der Waals surface area contributed by atoms with Crippen LogP contribution in [0.2, 0.25) is 0 Å². The summed E-state index contributed by atoms with van der Waals surface area (Å²) >= 11 is 0. The summed E-state index contributed by atoms with van der Waals surface area (Å²) in [5.74, 6) is 0. The predicted molar refractivity (Wildman–Crippen MR) is 87.0 cm³/mol. The van der Waals surface area contributed by atoms with Crippen molar-refractivity contribution < 1.29 is 0 Å². The van der Waals surface area contributed by atoms with E-state index in [-0.39, 0.29) is 0 Å². The van der Waals surface area contributed by atoms with Gasteiger partial charge in [0.15, 0.2) is 0 Å². The van der Waals surface area contributed by atoms with Crippen molar-refractivity contribution in [2.45, 2.75) is 58.5 Å². The molecule has 0 aromatic heterocycles. The van der Waals surface area contributed by atoms with E-state index < -0.39 is 0 Å². The third-order valence-corrected chi connectivity index (χ3v) is 4.40. The maximum Gasteiger partial charge on any atom is 0.0236 e. The second kappa shape index (κ2) is 8.43. The summed E-state index contributed by atoms with van der Waals surface area (Å²) in [4.78, 5) is 2.65. The molecule has 2 nitrogen and oxygen atoms in total. The van der Waals surface area contributed by atoms with Crippen molar-refractivity contribution >= 4 is 0 Å². The van der Waals surface area contributed by atoms with Gasteiger partial charge in [-0.05, 0) is 62.9 Å². The molecule has 1 aliphatic heterocycles.